The molecule has 2 rings (SSSR count). The predicted molar refractivity (Wildman–Crippen MR) is 88.6 cm³/mol. The normalized spacial score (nSPS) is 10.8. The average molecular weight is 406 g/mol. The molecule has 0 amide bonds. The van der Waals surface area contributed by atoms with E-state index in [0.717, 1.165) is 0 Å². The number of nitrogens with zero attached hydrogens (tertiary/aromatic N) is 1. The molecule has 0 spiro atoms. The van der Waals surface area contributed by atoms with Gasteiger partial charge in [-0.3, -0.25) is 10.1 Å². The van der Waals surface area contributed by atoms with E-state index < -0.39 is 4.92 Å². The van der Waals surface area contributed by atoms with E-state index in [1.54, 1.807) is 0 Å². The van der Waals surface area contributed by atoms with Crippen molar-refractivity contribution in [3.8, 4) is 11.1 Å². The molecule has 21 heavy (non-hydrogen) atoms. The molecule has 9 heteroatoms. The SMILES string of the molecule is O=[N+]([O-])c1ccc(Cl)c(-c2c(Cl)c(Cl)c(Cl)c(Cl)c2Cl)c1. The molecule has 2 aromatic carbocycles. The Bertz CT molecular complexity index is 733. The summed E-state index contributed by atoms with van der Waals surface area (Å²) in [7, 11) is 0. The van der Waals surface area contributed by atoms with Gasteiger partial charge in [-0.05, 0) is 6.07 Å². The minimum Gasteiger partial charge on any atom is -0.258 e. The van der Waals surface area contributed by atoms with E-state index in [-0.39, 0.29) is 47.0 Å². The Labute approximate surface area is 149 Å². The molecule has 0 aromatic heterocycles. The first-order valence-corrected chi connectivity index (χ1v) is 7.48. The van der Waals surface area contributed by atoms with E-state index in [0.29, 0.717) is 0 Å². The first-order chi connectivity index (χ1) is 9.75. The van der Waals surface area contributed by atoms with Gasteiger partial charge >= 0.3 is 0 Å². The van der Waals surface area contributed by atoms with Crippen molar-refractivity contribution in [2.45, 2.75) is 0 Å². The highest BCUT2D eigenvalue weighted by Gasteiger charge is 2.23. The molecule has 0 unspecified atom stereocenters. The number of nitro groups is 1. The van der Waals surface area contributed by atoms with Crippen LogP contribution in [0.25, 0.3) is 11.1 Å². The Morgan fingerprint density at radius 3 is 1.76 bits per heavy atom. The Balaban J connectivity index is 2.85. The van der Waals surface area contributed by atoms with E-state index in [1.807, 2.05) is 0 Å². The maximum atomic E-state index is 10.9. The standard InChI is InChI=1S/C12H3Cl6NO2/c13-6-2-1-4(19(20)21)3-5(6)7-8(14)10(16)12(18)11(17)9(7)15/h1-3H. The van der Waals surface area contributed by atoms with Crippen LogP contribution in [0.5, 0.6) is 0 Å². The predicted octanol–water partition coefficient (Wildman–Crippen LogP) is 7.18. The minimum absolute atomic E-state index is 0.00126. The summed E-state index contributed by atoms with van der Waals surface area (Å²) in [6.07, 6.45) is 0. The molecule has 0 heterocycles. The minimum atomic E-state index is -0.569. The van der Waals surface area contributed by atoms with Crippen LogP contribution >= 0.6 is 69.6 Å². The van der Waals surface area contributed by atoms with E-state index in [9.17, 15) is 10.1 Å². The van der Waals surface area contributed by atoms with Crippen LogP contribution in [0, 0.1) is 10.1 Å². The zero-order valence-corrected chi connectivity index (χ0v) is 14.3. The molecule has 0 aliphatic rings. The highest BCUT2D eigenvalue weighted by molar-refractivity contribution is 6.56. The lowest BCUT2D eigenvalue weighted by molar-refractivity contribution is -0.384. The van der Waals surface area contributed by atoms with Crippen molar-refractivity contribution in [3.63, 3.8) is 0 Å². The van der Waals surface area contributed by atoms with Gasteiger partial charge in [-0.1, -0.05) is 69.6 Å². The molecule has 2 aromatic rings. The van der Waals surface area contributed by atoms with Crippen molar-refractivity contribution >= 4 is 75.3 Å². The van der Waals surface area contributed by atoms with Gasteiger partial charge in [-0.2, -0.15) is 0 Å². The van der Waals surface area contributed by atoms with E-state index >= 15 is 0 Å². The molecular weight excluding hydrogens is 403 g/mol. The zero-order valence-electron chi connectivity index (χ0n) is 9.76. The third-order valence-electron chi connectivity index (χ3n) is 2.64. The molecule has 0 atom stereocenters. The quantitative estimate of drug-likeness (QED) is 0.230. The number of nitro benzene ring substituents is 1. The van der Waals surface area contributed by atoms with Gasteiger partial charge in [0.15, 0.2) is 0 Å². The second-order valence-corrected chi connectivity index (χ2v) is 6.16. The number of halogens is 6. The van der Waals surface area contributed by atoms with E-state index in [2.05, 4.69) is 0 Å². The molecule has 0 aliphatic carbocycles. The summed E-state index contributed by atoms with van der Waals surface area (Å²) < 4.78 is 0. The summed E-state index contributed by atoms with van der Waals surface area (Å²) in [5.41, 5.74) is 0.247. The Morgan fingerprint density at radius 2 is 1.29 bits per heavy atom. The number of hydrogen-bond acceptors (Lipinski definition) is 2. The van der Waals surface area contributed by atoms with Gasteiger partial charge in [0.05, 0.1) is 30.0 Å². The zero-order chi connectivity index (χ0) is 15.9. The number of benzene rings is 2. The van der Waals surface area contributed by atoms with Gasteiger partial charge < -0.3 is 0 Å². The summed E-state index contributed by atoms with van der Waals surface area (Å²) in [5.74, 6) is 0. The van der Waals surface area contributed by atoms with E-state index in [1.165, 1.54) is 18.2 Å². The molecule has 0 aliphatic heterocycles. The van der Waals surface area contributed by atoms with Crippen LogP contribution in [0.4, 0.5) is 5.69 Å². The summed E-state index contributed by atoms with van der Waals surface area (Å²) >= 11 is 36.2. The number of non-ortho nitro benzene ring substituents is 1. The summed E-state index contributed by atoms with van der Waals surface area (Å²) in [6, 6.07) is 3.85. The van der Waals surface area contributed by atoms with Crippen LogP contribution in [-0.4, -0.2) is 4.92 Å². The van der Waals surface area contributed by atoms with Crippen molar-refractivity contribution in [1.29, 1.82) is 0 Å². The van der Waals surface area contributed by atoms with Crippen LogP contribution in [0.3, 0.4) is 0 Å². The third kappa shape index (κ3) is 3.04. The highest BCUT2D eigenvalue weighted by atomic mass is 35.5. The van der Waals surface area contributed by atoms with Crippen molar-refractivity contribution in [3.05, 3.63) is 58.4 Å². The molecule has 0 saturated carbocycles. The van der Waals surface area contributed by atoms with Crippen LogP contribution in [-0.2, 0) is 0 Å². The third-order valence-corrected chi connectivity index (χ3v) is 5.25. The largest absolute Gasteiger partial charge is 0.270 e. The van der Waals surface area contributed by atoms with Crippen LogP contribution in [0.1, 0.15) is 0 Å². The monoisotopic (exact) mass is 403 g/mol. The lowest BCUT2D eigenvalue weighted by atomic mass is 10.0. The lowest BCUT2D eigenvalue weighted by Crippen LogP contribution is -1.92. The van der Waals surface area contributed by atoms with Crippen molar-refractivity contribution < 1.29 is 4.92 Å². The fourth-order valence-corrected chi connectivity index (χ4v) is 3.21. The average Bonchev–Trinajstić information content (AvgIpc) is 2.45. The van der Waals surface area contributed by atoms with Gasteiger partial charge in [0.2, 0.25) is 0 Å². The Morgan fingerprint density at radius 1 is 0.810 bits per heavy atom. The molecule has 0 saturated heterocycles. The smallest absolute Gasteiger partial charge is 0.258 e. The molecule has 0 fully saturated rings. The molecular formula is C12H3Cl6NO2. The van der Waals surface area contributed by atoms with Crippen LogP contribution < -0.4 is 0 Å². The van der Waals surface area contributed by atoms with Crippen LogP contribution in [0.15, 0.2) is 18.2 Å². The van der Waals surface area contributed by atoms with Crippen LogP contribution in [0.2, 0.25) is 30.1 Å². The molecule has 3 nitrogen and oxygen atoms in total. The molecule has 0 radical (unpaired) electrons. The second-order valence-electron chi connectivity index (χ2n) is 3.87. The van der Waals surface area contributed by atoms with Gasteiger partial charge in [0, 0.05) is 28.3 Å². The maximum Gasteiger partial charge on any atom is 0.270 e. The summed E-state index contributed by atoms with van der Waals surface area (Å²) in [6.45, 7) is 0. The molecule has 0 N–H and O–H groups in total. The summed E-state index contributed by atoms with van der Waals surface area (Å²) in [4.78, 5) is 10.3. The fourth-order valence-electron chi connectivity index (χ4n) is 1.66. The van der Waals surface area contributed by atoms with Gasteiger partial charge in [0.1, 0.15) is 0 Å². The topological polar surface area (TPSA) is 43.1 Å². The number of hydrogen-bond donors (Lipinski definition) is 0. The fraction of sp³-hybridized carbons (Fsp3) is 0. The number of rotatable bonds is 2. The van der Waals surface area contributed by atoms with Gasteiger partial charge in [-0.25, -0.2) is 0 Å². The van der Waals surface area contributed by atoms with Gasteiger partial charge in [-0.15, -0.1) is 0 Å². The van der Waals surface area contributed by atoms with Crippen molar-refractivity contribution in [1.82, 2.24) is 0 Å². The first kappa shape index (κ1) is 16.9. The first-order valence-electron chi connectivity index (χ1n) is 5.21. The molecule has 0 bridgehead atoms. The second kappa shape index (κ2) is 6.37. The maximum absolute atomic E-state index is 10.9. The Hall–Kier alpha value is -0.420. The molecule has 110 valence electrons. The highest BCUT2D eigenvalue weighted by Crippen LogP contribution is 2.49. The summed E-state index contributed by atoms with van der Waals surface area (Å²) in [5, 5.41) is 11.1. The van der Waals surface area contributed by atoms with Gasteiger partial charge in [0.25, 0.3) is 5.69 Å². The van der Waals surface area contributed by atoms with Crippen molar-refractivity contribution in [2.24, 2.45) is 0 Å². The van der Waals surface area contributed by atoms with Crippen molar-refractivity contribution in [2.75, 3.05) is 0 Å². The van der Waals surface area contributed by atoms with E-state index in [4.69, 9.17) is 69.6 Å². The Kier molecular flexibility index (Phi) is 5.14. The lowest BCUT2D eigenvalue weighted by Gasteiger charge is -2.13.